The van der Waals surface area contributed by atoms with Crippen LogP contribution in [0.15, 0.2) is 41.5 Å². The Bertz CT molecular complexity index is 851. The first-order chi connectivity index (χ1) is 14.6. The molecule has 7 heteroatoms. The second-order valence-corrected chi connectivity index (χ2v) is 6.21. The molecule has 0 spiro atoms. The van der Waals surface area contributed by atoms with E-state index >= 15 is 0 Å². The standard InChI is InChI=1S/C23H30N2O5/c1-5-13-30-20-11-9-17(14-21(20)28-7-3)16-24-25-23(26)18-10-12-19(27-6-2)22(15-18)29-8-4/h9-12,14-16H,5-8,13H2,1-4H3,(H,25,26)/b24-16+. The number of carbonyl (C=O) groups is 1. The van der Waals surface area contributed by atoms with Crippen LogP contribution in [0, 0.1) is 0 Å². The molecule has 0 saturated heterocycles. The zero-order valence-electron chi connectivity index (χ0n) is 18.1. The second kappa shape index (κ2) is 12.4. The lowest BCUT2D eigenvalue weighted by atomic mass is 10.2. The van der Waals surface area contributed by atoms with E-state index in [1.807, 2.05) is 45.9 Å². The lowest BCUT2D eigenvalue weighted by molar-refractivity contribution is 0.0954. The lowest BCUT2D eigenvalue weighted by Gasteiger charge is -2.12. The maximum Gasteiger partial charge on any atom is 0.271 e. The fourth-order valence-electron chi connectivity index (χ4n) is 2.63. The third kappa shape index (κ3) is 6.69. The van der Waals surface area contributed by atoms with Crippen LogP contribution in [-0.4, -0.2) is 38.5 Å². The summed E-state index contributed by atoms with van der Waals surface area (Å²) in [5.41, 5.74) is 3.74. The molecule has 0 saturated carbocycles. The largest absolute Gasteiger partial charge is 0.490 e. The Morgan fingerprint density at radius 3 is 2.10 bits per heavy atom. The smallest absolute Gasteiger partial charge is 0.271 e. The molecule has 7 nitrogen and oxygen atoms in total. The third-order valence-corrected chi connectivity index (χ3v) is 3.91. The maximum absolute atomic E-state index is 12.4. The molecular weight excluding hydrogens is 384 g/mol. The van der Waals surface area contributed by atoms with E-state index in [4.69, 9.17) is 18.9 Å². The maximum atomic E-state index is 12.4. The molecule has 0 radical (unpaired) electrons. The number of nitrogens with zero attached hydrogens (tertiary/aromatic N) is 1. The van der Waals surface area contributed by atoms with Crippen molar-refractivity contribution in [2.24, 2.45) is 5.10 Å². The summed E-state index contributed by atoms with van der Waals surface area (Å²) in [7, 11) is 0. The number of amides is 1. The van der Waals surface area contributed by atoms with Gasteiger partial charge in [0, 0.05) is 5.56 Å². The molecular formula is C23H30N2O5. The molecule has 0 aliphatic rings. The Morgan fingerprint density at radius 2 is 1.43 bits per heavy atom. The molecule has 0 bridgehead atoms. The van der Waals surface area contributed by atoms with E-state index in [1.165, 1.54) is 0 Å². The van der Waals surface area contributed by atoms with Gasteiger partial charge in [0.05, 0.1) is 32.6 Å². The molecule has 162 valence electrons. The fraction of sp³-hybridized carbons (Fsp3) is 0.391. The Labute approximate surface area is 178 Å². The van der Waals surface area contributed by atoms with Crippen LogP contribution in [0.5, 0.6) is 23.0 Å². The summed E-state index contributed by atoms with van der Waals surface area (Å²) in [4.78, 5) is 12.4. The molecule has 30 heavy (non-hydrogen) atoms. The quantitative estimate of drug-likeness (QED) is 0.410. The van der Waals surface area contributed by atoms with E-state index in [0.717, 1.165) is 12.0 Å². The predicted molar refractivity (Wildman–Crippen MR) is 117 cm³/mol. The minimum absolute atomic E-state index is 0.344. The van der Waals surface area contributed by atoms with E-state index in [1.54, 1.807) is 24.4 Å². The third-order valence-electron chi connectivity index (χ3n) is 3.91. The first-order valence-electron chi connectivity index (χ1n) is 10.3. The topological polar surface area (TPSA) is 78.4 Å². The van der Waals surface area contributed by atoms with E-state index in [0.29, 0.717) is 55.0 Å². The highest BCUT2D eigenvalue weighted by Crippen LogP contribution is 2.29. The molecule has 0 unspecified atom stereocenters. The van der Waals surface area contributed by atoms with Gasteiger partial charge in [0.2, 0.25) is 0 Å². The van der Waals surface area contributed by atoms with E-state index in [-0.39, 0.29) is 5.91 Å². The van der Waals surface area contributed by atoms with Crippen LogP contribution < -0.4 is 24.4 Å². The van der Waals surface area contributed by atoms with Crippen LogP contribution in [0.1, 0.15) is 50.0 Å². The zero-order chi connectivity index (χ0) is 21.8. The number of hydrogen-bond donors (Lipinski definition) is 1. The highest BCUT2D eigenvalue weighted by molar-refractivity contribution is 5.95. The Morgan fingerprint density at radius 1 is 0.833 bits per heavy atom. The van der Waals surface area contributed by atoms with Crippen molar-refractivity contribution in [2.45, 2.75) is 34.1 Å². The van der Waals surface area contributed by atoms with Gasteiger partial charge in [0.25, 0.3) is 5.91 Å². The van der Waals surface area contributed by atoms with E-state index in [2.05, 4.69) is 10.5 Å². The molecule has 1 amide bonds. The first-order valence-corrected chi connectivity index (χ1v) is 10.3. The molecule has 0 atom stereocenters. The minimum atomic E-state index is -0.344. The Balaban J connectivity index is 2.08. The highest BCUT2D eigenvalue weighted by atomic mass is 16.5. The van der Waals surface area contributed by atoms with E-state index < -0.39 is 0 Å². The fourth-order valence-corrected chi connectivity index (χ4v) is 2.63. The second-order valence-electron chi connectivity index (χ2n) is 6.21. The van der Waals surface area contributed by atoms with Crippen molar-refractivity contribution < 1.29 is 23.7 Å². The first kappa shape index (κ1) is 23.1. The van der Waals surface area contributed by atoms with Gasteiger partial charge >= 0.3 is 0 Å². The van der Waals surface area contributed by atoms with Crippen molar-refractivity contribution in [2.75, 3.05) is 26.4 Å². The molecule has 2 aromatic carbocycles. The van der Waals surface area contributed by atoms with Gasteiger partial charge in [-0.1, -0.05) is 6.92 Å². The summed E-state index contributed by atoms with van der Waals surface area (Å²) >= 11 is 0. The SMILES string of the molecule is CCCOc1ccc(/C=N/NC(=O)c2ccc(OCC)c(OCC)c2)cc1OCC. The Kier molecular flexibility index (Phi) is 9.51. The summed E-state index contributed by atoms with van der Waals surface area (Å²) in [5.74, 6) is 2.13. The van der Waals surface area contributed by atoms with Crippen molar-refractivity contribution in [3.05, 3.63) is 47.5 Å². The molecule has 2 aromatic rings. The van der Waals surface area contributed by atoms with E-state index in [9.17, 15) is 4.79 Å². The van der Waals surface area contributed by atoms with Crippen molar-refractivity contribution in [3.8, 4) is 23.0 Å². The van der Waals surface area contributed by atoms with Gasteiger partial charge in [-0.2, -0.15) is 5.10 Å². The Hall–Kier alpha value is -3.22. The van der Waals surface area contributed by atoms with Gasteiger partial charge in [0.1, 0.15) is 0 Å². The predicted octanol–water partition coefficient (Wildman–Crippen LogP) is 4.44. The monoisotopic (exact) mass is 414 g/mol. The number of ether oxygens (including phenoxy) is 4. The number of hydrazone groups is 1. The van der Waals surface area contributed by atoms with Crippen LogP contribution in [-0.2, 0) is 0 Å². The van der Waals surface area contributed by atoms with Gasteiger partial charge in [0.15, 0.2) is 23.0 Å². The van der Waals surface area contributed by atoms with Gasteiger partial charge in [-0.3, -0.25) is 4.79 Å². The normalized spacial score (nSPS) is 10.7. The number of nitrogens with one attached hydrogen (secondary N) is 1. The molecule has 1 N–H and O–H groups in total. The average molecular weight is 415 g/mol. The number of benzene rings is 2. The van der Waals surface area contributed by atoms with Crippen LogP contribution in [0.25, 0.3) is 0 Å². The summed E-state index contributed by atoms with van der Waals surface area (Å²) in [5, 5.41) is 4.05. The summed E-state index contributed by atoms with van der Waals surface area (Å²) in [6, 6.07) is 10.6. The van der Waals surface area contributed by atoms with Gasteiger partial charge in [-0.15, -0.1) is 0 Å². The number of carbonyl (C=O) groups excluding carboxylic acids is 1. The van der Waals surface area contributed by atoms with Gasteiger partial charge < -0.3 is 18.9 Å². The molecule has 0 heterocycles. The minimum Gasteiger partial charge on any atom is -0.490 e. The zero-order valence-corrected chi connectivity index (χ0v) is 18.1. The average Bonchev–Trinajstić information content (AvgIpc) is 2.75. The summed E-state index contributed by atoms with van der Waals surface area (Å²) < 4.78 is 22.4. The van der Waals surface area contributed by atoms with Crippen LogP contribution in [0.3, 0.4) is 0 Å². The van der Waals surface area contributed by atoms with Crippen LogP contribution >= 0.6 is 0 Å². The van der Waals surface area contributed by atoms with Crippen LogP contribution in [0.2, 0.25) is 0 Å². The number of hydrogen-bond acceptors (Lipinski definition) is 6. The summed E-state index contributed by atoms with van der Waals surface area (Å²) in [6.07, 6.45) is 2.47. The van der Waals surface area contributed by atoms with Gasteiger partial charge in [-0.05, 0) is 69.2 Å². The van der Waals surface area contributed by atoms with Crippen molar-refractivity contribution in [3.63, 3.8) is 0 Å². The molecule has 0 aliphatic carbocycles. The van der Waals surface area contributed by atoms with Crippen molar-refractivity contribution >= 4 is 12.1 Å². The molecule has 2 rings (SSSR count). The van der Waals surface area contributed by atoms with Crippen molar-refractivity contribution in [1.82, 2.24) is 5.43 Å². The number of rotatable bonds is 12. The summed E-state index contributed by atoms with van der Waals surface area (Å²) in [6.45, 7) is 9.87. The molecule has 0 aromatic heterocycles. The molecule has 0 aliphatic heterocycles. The molecule has 0 fully saturated rings. The van der Waals surface area contributed by atoms with Crippen molar-refractivity contribution in [1.29, 1.82) is 0 Å². The van der Waals surface area contributed by atoms with Crippen LogP contribution in [0.4, 0.5) is 0 Å². The van der Waals surface area contributed by atoms with Gasteiger partial charge in [-0.25, -0.2) is 5.43 Å². The lowest BCUT2D eigenvalue weighted by Crippen LogP contribution is -2.17. The highest BCUT2D eigenvalue weighted by Gasteiger charge is 2.11.